The first-order chi connectivity index (χ1) is 11.6. The first-order valence-corrected chi connectivity index (χ1v) is 12.5. The third-order valence-electron chi connectivity index (χ3n) is 4.97. The molecule has 3 heteroatoms. The molecular formula is C21H38O2Si. The van der Waals surface area contributed by atoms with Crippen molar-refractivity contribution in [3.8, 4) is 5.75 Å². The Kier molecular flexibility index (Phi) is 10.4. The van der Waals surface area contributed by atoms with Gasteiger partial charge in [0.15, 0.2) is 8.32 Å². The summed E-state index contributed by atoms with van der Waals surface area (Å²) in [5.74, 6) is 0.914. The molecule has 1 aromatic rings. The summed E-state index contributed by atoms with van der Waals surface area (Å²) in [4.78, 5) is 0. The minimum atomic E-state index is -1.66. The van der Waals surface area contributed by atoms with E-state index in [1.807, 2.05) is 12.1 Å². The summed E-state index contributed by atoms with van der Waals surface area (Å²) in [5, 5.41) is 0. The molecule has 1 rings (SSSR count). The van der Waals surface area contributed by atoms with Crippen molar-refractivity contribution in [3.05, 3.63) is 29.8 Å². The zero-order valence-electron chi connectivity index (χ0n) is 16.6. The summed E-state index contributed by atoms with van der Waals surface area (Å²) in [6.07, 6.45) is 7.94. The zero-order valence-corrected chi connectivity index (χ0v) is 17.6. The zero-order chi connectivity index (χ0) is 17.8. The normalized spacial score (nSPS) is 13.0. The molecule has 0 aromatic heterocycles. The van der Waals surface area contributed by atoms with E-state index in [1.54, 1.807) is 7.11 Å². The molecule has 0 amide bonds. The molecule has 0 spiro atoms. The maximum atomic E-state index is 6.90. The lowest BCUT2D eigenvalue weighted by Gasteiger charge is -2.35. The van der Waals surface area contributed by atoms with Crippen molar-refractivity contribution in [3.63, 3.8) is 0 Å². The van der Waals surface area contributed by atoms with Gasteiger partial charge in [0.2, 0.25) is 0 Å². The molecule has 0 bridgehead atoms. The van der Waals surface area contributed by atoms with Crippen LogP contribution in [0, 0.1) is 0 Å². The van der Waals surface area contributed by atoms with Gasteiger partial charge in [-0.3, -0.25) is 0 Å². The monoisotopic (exact) mass is 350 g/mol. The number of hydrogen-bond donors (Lipinski definition) is 0. The molecule has 1 atom stereocenters. The van der Waals surface area contributed by atoms with E-state index in [1.165, 1.54) is 62.2 Å². The van der Waals surface area contributed by atoms with Crippen LogP contribution in [0.1, 0.15) is 77.9 Å². The van der Waals surface area contributed by atoms with Gasteiger partial charge >= 0.3 is 0 Å². The van der Waals surface area contributed by atoms with Crippen LogP contribution in [0.15, 0.2) is 24.3 Å². The third kappa shape index (κ3) is 6.98. The molecule has 24 heavy (non-hydrogen) atoms. The molecular weight excluding hydrogens is 312 g/mol. The molecule has 0 radical (unpaired) electrons. The van der Waals surface area contributed by atoms with Crippen LogP contribution >= 0.6 is 0 Å². The molecule has 1 aromatic carbocycles. The van der Waals surface area contributed by atoms with E-state index >= 15 is 0 Å². The third-order valence-corrected chi connectivity index (χ3v) is 9.62. The van der Waals surface area contributed by atoms with Crippen LogP contribution < -0.4 is 4.74 Å². The Labute approximate surface area is 151 Å². The van der Waals surface area contributed by atoms with E-state index < -0.39 is 8.32 Å². The fourth-order valence-corrected chi connectivity index (χ4v) is 8.35. The van der Waals surface area contributed by atoms with Gasteiger partial charge in [0, 0.05) is 0 Å². The van der Waals surface area contributed by atoms with Crippen LogP contribution in [0.4, 0.5) is 0 Å². The van der Waals surface area contributed by atoms with Crippen LogP contribution in [0.5, 0.6) is 5.75 Å². The second kappa shape index (κ2) is 11.7. The van der Waals surface area contributed by atoms with Gasteiger partial charge in [0.1, 0.15) is 5.75 Å². The molecule has 0 saturated heterocycles. The second-order valence-corrected chi connectivity index (χ2v) is 11.1. The molecule has 0 aliphatic carbocycles. The van der Waals surface area contributed by atoms with Crippen molar-refractivity contribution in [1.82, 2.24) is 0 Å². The summed E-state index contributed by atoms with van der Waals surface area (Å²) in [6, 6.07) is 12.4. The summed E-state index contributed by atoms with van der Waals surface area (Å²) in [6.45, 7) is 9.12. The van der Waals surface area contributed by atoms with Gasteiger partial charge in [0.25, 0.3) is 0 Å². The first-order valence-electron chi connectivity index (χ1n) is 9.92. The Hall–Kier alpha value is -0.803. The quantitative estimate of drug-likeness (QED) is 0.353. The van der Waals surface area contributed by atoms with Crippen molar-refractivity contribution >= 4 is 8.32 Å². The highest BCUT2D eigenvalue weighted by atomic mass is 28.4. The first kappa shape index (κ1) is 21.2. The van der Waals surface area contributed by atoms with Gasteiger partial charge in [0.05, 0.1) is 13.2 Å². The number of methoxy groups -OCH3 is 1. The highest BCUT2D eigenvalue weighted by Gasteiger charge is 2.35. The van der Waals surface area contributed by atoms with E-state index in [9.17, 15) is 0 Å². The SMILES string of the molecule is CCCC[Si](CCCC)(CCCC)O[C@@H](C)c1ccc(OC)cc1. The number of rotatable bonds is 13. The highest BCUT2D eigenvalue weighted by Crippen LogP contribution is 2.34. The van der Waals surface area contributed by atoms with Crippen LogP contribution in [0.3, 0.4) is 0 Å². The predicted octanol–water partition coefficient (Wildman–Crippen LogP) is 7.12. The Morgan fingerprint density at radius 3 is 1.67 bits per heavy atom. The van der Waals surface area contributed by atoms with E-state index in [2.05, 4.69) is 39.8 Å². The van der Waals surface area contributed by atoms with E-state index in [0.29, 0.717) is 0 Å². The summed E-state index contributed by atoms with van der Waals surface area (Å²) < 4.78 is 12.2. The van der Waals surface area contributed by atoms with E-state index in [4.69, 9.17) is 9.16 Å². The van der Waals surface area contributed by atoms with Crippen LogP contribution in [-0.4, -0.2) is 15.4 Å². The molecule has 0 aliphatic heterocycles. The smallest absolute Gasteiger partial charge is 0.193 e. The maximum absolute atomic E-state index is 6.90. The lowest BCUT2D eigenvalue weighted by atomic mass is 10.1. The maximum Gasteiger partial charge on any atom is 0.193 e. The molecule has 0 unspecified atom stereocenters. The van der Waals surface area contributed by atoms with E-state index in [-0.39, 0.29) is 6.10 Å². The average Bonchev–Trinajstić information content (AvgIpc) is 2.62. The summed E-state index contributed by atoms with van der Waals surface area (Å²) >= 11 is 0. The van der Waals surface area contributed by atoms with Gasteiger partial charge in [-0.15, -0.1) is 0 Å². The topological polar surface area (TPSA) is 18.5 Å². The number of ether oxygens (including phenoxy) is 1. The van der Waals surface area contributed by atoms with Gasteiger partial charge in [-0.25, -0.2) is 0 Å². The molecule has 0 saturated carbocycles. The molecule has 0 fully saturated rings. The Bertz CT molecular complexity index is 408. The average molecular weight is 351 g/mol. The molecule has 138 valence electrons. The van der Waals surface area contributed by atoms with E-state index in [0.717, 1.165) is 5.75 Å². The highest BCUT2D eigenvalue weighted by molar-refractivity contribution is 6.73. The Morgan fingerprint density at radius 2 is 1.29 bits per heavy atom. The number of benzene rings is 1. The van der Waals surface area contributed by atoms with Crippen molar-refractivity contribution in [2.75, 3.05) is 7.11 Å². The molecule has 0 N–H and O–H groups in total. The fourth-order valence-electron chi connectivity index (χ4n) is 3.37. The number of unbranched alkanes of at least 4 members (excludes halogenated alkanes) is 3. The van der Waals surface area contributed by atoms with Crippen LogP contribution in [0.2, 0.25) is 18.1 Å². The number of hydrogen-bond acceptors (Lipinski definition) is 2. The predicted molar refractivity (Wildman–Crippen MR) is 107 cm³/mol. The molecule has 0 heterocycles. The fraction of sp³-hybridized carbons (Fsp3) is 0.714. The van der Waals surface area contributed by atoms with Gasteiger partial charge in [-0.1, -0.05) is 71.4 Å². The second-order valence-electron chi connectivity index (χ2n) is 7.03. The summed E-state index contributed by atoms with van der Waals surface area (Å²) in [7, 11) is 0.0579. The lowest BCUT2D eigenvalue weighted by molar-refractivity contribution is 0.206. The van der Waals surface area contributed by atoms with Crippen molar-refractivity contribution in [2.24, 2.45) is 0 Å². The van der Waals surface area contributed by atoms with Crippen LogP contribution in [0.25, 0.3) is 0 Å². The minimum Gasteiger partial charge on any atom is -0.497 e. The van der Waals surface area contributed by atoms with Gasteiger partial charge in [-0.2, -0.15) is 0 Å². The Balaban J connectivity index is 2.88. The van der Waals surface area contributed by atoms with Gasteiger partial charge < -0.3 is 9.16 Å². The van der Waals surface area contributed by atoms with Crippen molar-refractivity contribution in [2.45, 2.75) is 90.5 Å². The minimum absolute atomic E-state index is 0.188. The summed E-state index contributed by atoms with van der Waals surface area (Å²) in [5.41, 5.74) is 1.28. The van der Waals surface area contributed by atoms with Gasteiger partial charge in [-0.05, 0) is 42.8 Å². The lowest BCUT2D eigenvalue weighted by Crippen LogP contribution is -2.39. The molecule has 0 aliphatic rings. The van der Waals surface area contributed by atoms with Crippen molar-refractivity contribution < 1.29 is 9.16 Å². The van der Waals surface area contributed by atoms with Crippen LogP contribution in [-0.2, 0) is 4.43 Å². The largest absolute Gasteiger partial charge is 0.497 e. The standard InChI is InChI=1S/C21H38O2Si/c1-6-9-16-24(17-10-7-2,18-11-8-3)23-19(4)20-12-14-21(22-5)15-13-20/h12-15,19H,6-11,16-18H2,1-5H3/t19-/m0/s1. The molecule has 2 nitrogen and oxygen atoms in total. The Morgan fingerprint density at radius 1 is 0.833 bits per heavy atom. The van der Waals surface area contributed by atoms with Crippen molar-refractivity contribution in [1.29, 1.82) is 0 Å².